The van der Waals surface area contributed by atoms with Gasteiger partial charge in [-0.1, -0.05) is 48.5 Å². The van der Waals surface area contributed by atoms with Gasteiger partial charge in [0.25, 0.3) is 0 Å². The molecular weight excluding hydrogens is 296 g/mol. The minimum absolute atomic E-state index is 0. The third-order valence-electron chi connectivity index (χ3n) is 3.86. The molecule has 5 heteroatoms. The zero-order valence-corrected chi connectivity index (χ0v) is 12.9. The van der Waals surface area contributed by atoms with E-state index in [4.69, 9.17) is 5.41 Å². The van der Waals surface area contributed by atoms with Crippen LogP contribution in [0.3, 0.4) is 0 Å². The van der Waals surface area contributed by atoms with Gasteiger partial charge < -0.3 is 0 Å². The van der Waals surface area contributed by atoms with Gasteiger partial charge in [0.2, 0.25) is 5.62 Å². The van der Waals surface area contributed by atoms with E-state index in [1.807, 2.05) is 31.2 Å². The molecule has 1 aromatic heterocycles. The van der Waals surface area contributed by atoms with E-state index in [1.165, 1.54) is 5.39 Å². The maximum atomic E-state index is 8.03. The molecule has 3 aromatic carbocycles. The number of hydrogen-bond acceptors (Lipinski definition) is 3. The molecule has 0 aliphatic rings. The topological polar surface area (TPSA) is 54.6 Å². The van der Waals surface area contributed by atoms with E-state index in [9.17, 15) is 0 Å². The minimum atomic E-state index is 0. The number of halogens is 1. The molecule has 22 heavy (non-hydrogen) atoms. The summed E-state index contributed by atoms with van der Waals surface area (Å²) in [4.78, 5) is 4.49. The first-order chi connectivity index (χ1) is 10.3. The largest absolute Gasteiger partial charge is 0.266 e. The Bertz CT molecular complexity index is 1050. The Kier molecular flexibility index (Phi) is 3.54. The summed E-state index contributed by atoms with van der Waals surface area (Å²) in [5, 5.41) is 17.1. The highest BCUT2D eigenvalue weighted by Gasteiger charge is 2.11. The monoisotopic (exact) mass is 310 g/mol. The Morgan fingerprint density at radius 1 is 0.864 bits per heavy atom. The van der Waals surface area contributed by atoms with Crippen LogP contribution >= 0.6 is 12.4 Å². The van der Waals surface area contributed by atoms with E-state index in [-0.39, 0.29) is 18.0 Å². The third-order valence-corrected chi connectivity index (χ3v) is 3.86. The molecular formula is C17H15ClN4. The summed E-state index contributed by atoms with van der Waals surface area (Å²) in [7, 11) is 0. The van der Waals surface area contributed by atoms with E-state index in [2.05, 4.69) is 34.3 Å². The quantitative estimate of drug-likeness (QED) is 0.545. The van der Waals surface area contributed by atoms with Crippen molar-refractivity contribution in [1.82, 2.24) is 14.8 Å². The molecule has 4 rings (SSSR count). The van der Waals surface area contributed by atoms with E-state index in [1.54, 1.807) is 4.68 Å². The van der Waals surface area contributed by atoms with Crippen molar-refractivity contribution in [2.45, 2.75) is 13.5 Å². The molecule has 0 saturated heterocycles. The van der Waals surface area contributed by atoms with Crippen molar-refractivity contribution < 1.29 is 0 Å². The van der Waals surface area contributed by atoms with Gasteiger partial charge in [-0.3, -0.25) is 5.41 Å². The van der Waals surface area contributed by atoms with Gasteiger partial charge in [0.05, 0.1) is 0 Å². The number of benzene rings is 3. The van der Waals surface area contributed by atoms with Crippen LogP contribution in [-0.4, -0.2) is 14.8 Å². The first-order valence-corrected chi connectivity index (χ1v) is 7.02. The number of nitrogens with zero attached hydrogens (tertiary/aromatic N) is 3. The molecule has 0 saturated carbocycles. The molecule has 0 bridgehead atoms. The maximum Gasteiger partial charge on any atom is 0.239 e. The summed E-state index contributed by atoms with van der Waals surface area (Å²) < 4.78 is 1.63. The van der Waals surface area contributed by atoms with Crippen LogP contribution in [0.15, 0.2) is 48.5 Å². The Morgan fingerprint density at radius 2 is 1.36 bits per heavy atom. The number of nitrogens with one attached hydrogen (secondary N) is 1. The zero-order valence-electron chi connectivity index (χ0n) is 12.1. The maximum absolute atomic E-state index is 8.03. The molecule has 0 spiro atoms. The highest BCUT2D eigenvalue weighted by atomic mass is 35.5. The fourth-order valence-corrected chi connectivity index (χ4v) is 2.87. The number of aromatic nitrogens is 3. The van der Waals surface area contributed by atoms with Crippen LogP contribution in [0.2, 0.25) is 0 Å². The molecule has 4 nitrogen and oxygen atoms in total. The van der Waals surface area contributed by atoms with Gasteiger partial charge in [0.1, 0.15) is 11.0 Å². The lowest BCUT2D eigenvalue weighted by atomic mass is 10.00. The van der Waals surface area contributed by atoms with Crippen molar-refractivity contribution in [1.29, 1.82) is 5.41 Å². The summed E-state index contributed by atoms with van der Waals surface area (Å²) in [5.41, 5.74) is 1.87. The van der Waals surface area contributed by atoms with E-state index in [0.717, 1.165) is 27.2 Å². The summed E-state index contributed by atoms with van der Waals surface area (Å²) in [5.74, 6) is 0. The predicted molar refractivity (Wildman–Crippen MR) is 91.3 cm³/mol. The molecule has 0 aliphatic carbocycles. The van der Waals surface area contributed by atoms with Gasteiger partial charge in [-0.05, 0) is 17.7 Å². The lowest BCUT2D eigenvalue weighted by Gasteiger charge is -2.10. The Morgan fingerprint density at radius 3 is 1.91 bits per heavy atom. The summed E-state index contributed by atoms with van der Waals surface area (Å²) in [6.45, 7) is 2.62. The molecule has 110 valence electrons. The fourth-order valence-electron chi connectivity index (χ4n) is 2.87. The fraction of sp³-hybridized carbons (Fsp3) is 0.118. The van der Waals surface area contributed by atoms with Crippen LogP contribution in [-0.2, 0) is 6.54 Å². The van der Waals surface area contributed by atoms with E-state index >= 15 is 0 Å². The average molecular weight is 311 g/mol. The van der Waals surface area contributed by atoms with Gasteiger partial charge in [0, 0.05) is 17.3 Å². The molecule has 0 unspecified atom stereocenters. The molecule has 0 aliphatic heterocycles. The Labute approximate surface area is 133 Å². The first-order valence-electron chi connectivity index (χ1n) is 7.02. The highest BCUT2D eigenvalue weighted by molar-refractivity contribution is 6.22. The molecule has 0 fully saturated rings. The van der Waals surface area contributed by atoms with Gasteiger partial charge in [-0.25, -0.2) is 9.67 Å². The SMILES string of the molecule is CCn1nc2c3ccccc3c3ccccc3c2nc1=N.Cl. The van der Waals surface area contributed by atoms with E-state index in [0.29, 0.717) is 6.54 Å². The number of fused-ring (bicyclic) bond motifs is 6. The van der Waals surface area contributed by atoms with Crippen molar-refractivity contribution in [2.24, 2.45) is 0 Å². The van der Waals surface area contributed by atoms with Crippen LogP contribution in [0.1, 0.15) is 6.92 Å². The first kappa shape index (κ1) is 14.5. The molecule has 0 amide bonds. The molecule has 4 aromatic rings. The predicted octanol–water partition coefficient (Wildman–Crippen LogP) is 3.66. The standard InChI is InChI=1S/C17H14N4.ClH/c1-2-21-17(18)19-15-13-9-5-3-7-11(13)12-8-4-6-10-14(12)16(15)20-21;/h3-10,18H,2H2,1H3;1H. The second-order valence-corrected chi connectivity index (χ2v) is 5.04. The summed E-state index contributed by atoms with van der Waals surface area (Å²) >= 11 is 0. The smallest absolute Gasteiger partial charge is 0.239 e. The van der Waals surface area contributed by atoms with Gasteiger partial charge in [-0.2, -0.15) is 5.10 Å². The van der Waals surface area contributed by atoms with Gasteiger partial charge in [0.15, 0.2) is 0 Å². The zero-order chi connectivity index (χ0) is 14.4. The summed E-state index contributed by atoms with van der Waals surface area (Å²) in [6.07, 6.45) is 0. The number of aryl methyl sites for hydroxylation is 1. The second-order valence-electron chi connectivity index (χ2n) is 5.04. The minimum Gasteiger partial charge on any atom is -0.266 e. The van der Waals surface area contributed by atoms with Gasteiger partial charge >= 0.3 is 0 Å². The van der Waals surface area contributed by atoms with Crippen LogP contribution in [0.25, 0.3) is 32.6 Å². The van der Waals surface area contributed by atoms with Crippen LogP contribution in [0.5, 0.6) is 0 Å². The molecule has 0 atom stereocenters. The summed E-state index contributed by atoms with van der Waals surface area (Å²) in [6, 6.07) is 16.4. The highest BCUT2D eigenvalue weighted by Crippen LogP contribution is 2.31. The van der Waals surface area contributed by atoms with Crippen LogP contribution in [0, 0.1) is 5.41 Å². The van der Waals surface area contributed by atoms with Crippen molar-refractivity contribution in [3.63, 3.8) is 0 Å². The molecule has 1 N–H and O–H groups in total. The van der Waals surface area contributed by atoms with Gasteiger partial charge in [-0.15, -0.1) is 12.4 Å². The Hall–Kier alpha value is -2.46. The van der Waals surface area contributed by atoms with E-state index < -0.39 is 0 Å². The normalized spacial score (nSPS) is 11.0. The lowest BCUT2D eigenvalue weighted by molar-refractivity contribution is 0.588. The second kappa shape index (κ2) is 5.39. The molecule has 1 heterocycles. The van der Waals surface area contributed by atoms with Crippen LogP contribution in [0.4, 0.5) is 0 Å². The Balaban J connectivity index is 0.00000144. The van der Waals surface area contributed by atoms with Crippen molar-refractivity contribution in [3.8, 4) is 0 Å². The van der Waals surface area contributed by atoms with Crippen LogP contribution < -0.4 is 5.62 Å². The van der Waals surface area contributed by atoms with Crippen molar-refractivity contribution >= 4 is 45.0 Å². The number of hydrogen-bond donors (Lipinski definition) is 1. The van der Waals surface area contributed by atoms with Crippen molar-refractivity contribution in [2.75, 3.05) is 0 Å². The van der Waals surface area contributed by atoms with Crippen molar-refractivity contribution in [3.05, 3.63) is 54.1 Å². The number of rotatable bonds is 1. The lowest BCUT2D eigenvalue weighted by Crippen LogP contribution is -2.25. The average Bonchev–Trinajstić information content (AvgIpc) is 2.54. The third kappa shape index (κ3) is 1.96. The molecule has 0 radical (unpaired) electrons.